The molecule has 0 spiro atoms. The number of halogens is 2. The standard InChI is InChI=1S/C18H24Cl2O4/c19-12-5-3-1-2-4-6-13-23-17(21)10-11-18(22)24-16-9-7-8-15(20)14-16/h7-9,14H,1-6,10-13H2. The van der Waals surface area contributed by atoms with E-state index in [0.29, 0.717) is 17.4 Å². The number of benzene rings is 1. The average Bonchev–Trinajstić information content (AvgIpc) is 2.55. The SMILES string of the molecule is O=C(CCC(=O)Oc1cccc(Cl)c1)OCCCCCCCCCl. The van der Waals surface area contributed by atoms with Crippen molar-refractivity contribution < 1.29 is 19.1 Å². The summed E-state index contributed by atoms with van der Waals surface area (Å²) in [6, 6.07) is 6.56. The fourth-order valence-electron chi connectivity index (χ4n) is 2.08. The number of carbonyl (C=O) groups excluding carboxylic acids is 2. The van der Waals surface area contributed by atoms with Gasteiger partial charge >= 0.3 is 11.9 Å². The van der Waals surface area contributed by atoms with Crippen LogP contribution in [0.4, 0.5) is 0 Å². The van der Waals surface area contributed by atoms with Gasteiger partial charge in [0, 0.05) is 10.9 Å². The van der Waals surface area contributed by atoms with Crippen molar-refractivity contribution in [2.45, 2.75) is 51.4 Å². The second-order valence-electron chi connectivity index (χ2n) is 5.46. The molecule has 1 rings (SSSR count). The normalized spacial score (nSPS) is 10.4. The molecule has 0 aromatic heterocycles. The summed E-state index contributed by atoms with van der Waals surface area (Å²) in [5, 5.41) is 0.488. The molecule has 0 saturated carbocycles. The molecule has 0 saturated heterocycles. The predicted octanol–water partition coefficient (Wildman–Crippen LogP) is 5.15. The van der Waals surface area contributed by atoms with Gasteiger partial charge in [-0.05, 0) is 31.0 Å². The first-order valence-corrected chi connectivity index (χ1v) is 9.21. The summed E-state index contributed by atoms with van der Waals surface area (Å²) in [7, 11) is 0. The highest BCUT2D eigenvalue weighted by atomic mass is 35.5. The van der Waals surface area contributed by atoms with Crippen LogP contribution < -0.4 is 4.74 Å². The molecule has 24 heavy (non-hydrogen) atoms. The molecule has 0 radical (unpaired) electrons. The number of ether oxygens (including phenoxy) is 2. The lowest BCUT2D eigenvalue weighted by Gasteiger charge is -2.06. The Bertz CT molecular complexity index is 506. The molecule has 0 amide bonds. The van der Waals surface area contributed by atoms with E-state index >= 15 is 0 Å². The van der Waals surface area contributed by atoms with Gasteiger partial charge in [-0.2, -0.15) is 0 Å². The van der Waals surface area contributed by atoms with Gasteiger partial charge in [-0.1, -0.05) is 43.4 Å². The third-order valence-electron chi connectivity index (χ3n) is 3.35. The Kier molecular flexibility index (Phi) is 11.3. The lowest BCUT2D eigenvalue weighted by atomic mass is 10.1. The van der Waals surface area contributed by atoms with E-state index in [4.69, 9.17) is 32.7 Å². The number of rotatable bonds is 12. The van der Waals surface area contributed by atoms with Crippen LogP contribution in [0, 0.1) is 0 Å². The largest absolute Gasteiger partial charge is 0.466 e. The van der Waals surface area contributed by atoms with Crippen molar-refractivity contribution in [2.75, 3.05) is 12.5 Å². The number of alkyl halides is 1. The van der Waals surface area contributed by atoms with E-state index in [1.165, 1.54) is 0 Å². The van der Waals surface area contributed by atoms with Crippen molar-refractivity contribution in [3.05, 3.63) is 29.3 Å². The van der Waals surface area contributed by atoms with Crippen LogP contribution in [0.2, 0.25) is 5.02 Å². The maximum absolute atomic E-state index is 11.6. The van der Waals surface area contributed by atoms with Crippen molar-refractivity contribution in [1.82, 2.24) is 0 Å². The highest BCUT2D eigenvalue weighted by Crippen LogP contribution is 2.17. The fraction of sp³-hybridized carbons (Fsp3) is 0.556. The molecule has 0 aliphatic carbocycles. The molecule has 1 aromatic carbocycles. The van der Waals surface area contributed by atoms with Gasteiger partial charge in [0.1, 0.15) is 5.75 Å². The van der Waals surface area contributed by atoms with E-state index < -0.39 is 5.97 Å². The molecule has 0 bridgehead atoms. The summed E-state index contributed by atoms with van der Waals surface area (Å²) in [5.74, 6) is 0.237. The smallest absolute Gasteiger partial charge is 0.311 e. The Morgan fingerprint density at radius 3 is 2.29 bits per heavy atom. The van der Waals surface area contributed by atoms with Crippen LogP contribution in [-0.4, -0.2) is 24.4 Å². The summed E-state index contributed by atoms with van der Waals surface area (Å²) in [5.41, 5.74) is 0. The van der Waals surface area contributed by atoms with Crippen LogP contribution in [0.1, 0.15) is 51.4 Å². The topological polar surface area (TPSA) is 52.6 Å². The van der Waals surface area contributed by atoms with E-state index in [2.05, 4.69) is 0 Å². The van der Waals surface area contributed by atoms with Crippen molar-refractivity contribution in [1.29, 1.82) is 0 Å². The Hall–Kier alpha value is -1.26. The van der Waals surface area contributed by atoms with Crippen LogP contribution in [0.5, 0.6) is 5.75 Å². The van der Waals surface area contributed by atoms with Crippen molar-refractivity contribution in [3.63, 3.8) is 0 Å². The Labute approximate surface area is 153 Å². The average molecular weight is 375 g/mol. The highest BCUT2D eigenvalue weighted by molar-refractivity contribution is 6.30. The molecule has 0 N–H and O–H groups in total. The molecule has 0 unspecified atom stereocenters. The molecule has 4 nitrogen and oxygen atoms in total. The molecule has 134 valence electrons. The summed E-state index contributed by atoms with van der Waals surface area (Å²) < 4.78 is 10.2. The van der Waals surface area contributed by atoms with Crippen LogP contribution >= 0.6 is 23.2 Å². The molecular formula is C18H24Cl2O4. The quantitative estimate of drug-likeness (QED) is 0.219. The Balaban J connectivity index is 2.04. The minimum Gasteiger partial charge on any atom is -0.466 e. The zero-order valence-corrected chi connectivity index (χ0v) is 15.3. The molecule has 0 aliphatic heterocycles. The molecule has 0 heterocycles. The maximum atomic E-state index is 11.6. The lowest BCUT2D eigenvalue weighted by molar-refractivity contribution is -0.147. The van der Waals surface area contributed by atoms with Crippen LogP contribution in [0.3, 0.4) is 0 Å². The van der Waals surface area contributed by atoms with E-state index in [-0.39, 0.29) is 18.8 Å². The zero-order chi connectivity index (χ0) is 17.6. The highest BCUT2D eigenvalue weighted by Gasteiger charge is 2.10. The van der Waals surface area contributed by atoms with Gasteiger partial charge in [0.25, 0.3) is 0 Å². The monoisotopic (exact) mass is 374 g/mol. The predicted molar refractivity (Wildman–Crippen MR) is 95.7 cm³/mol. The van der Waals surface area contributed by atoms with Crippen molar-refractivity contribution >= 4 is 35.1 Å². The van der Waals surface area contributed by atoms with Gasteiger partial charge < -0.3 is 9.47 Å². The molecule has 0 atom stereocenters. The first-order valence-electron chi connectivity index (χ1n) is 8.29. The summed E-state index contributed by atoms with van der Waals surface area (Å²) in [6.45, 7) is 0.400. The van der Waals surface area contributed by atoms with E-state index in [9.17, 15) is 9.59 Å². The van der Waals surface area contributed by atoms with Gasteiger partial charge in [0.05, 0.1) is 19.4 Å². The summed E-state index contributed by atoms with van der Waals surface area (Å²) >= 11 is 11.4. The van der Waals surface area contributed by atoms with Crippen molar-refractivity contribution in [2.24, 2.45) is 0 Å². The second kappa shape index (κ2) is 13.1. The van der Waals surface area contributed by atoms with Gasteiger partial charge in [0.15, 0.2) is 0 Å². The number of hydrogen-bond donors (Lipinski definition) is 0. The first-order chi connectivity index (χ1) is 11.6. The van der Waals surface area contributed by atoms with Gasteiger partial charge in [-0.25, -0.2) is 0 Å². The first kappa shape index (κ1) is 20.8. The van der Waals surface area contributed by atoms with Crippen LogP contribution in [-0.2, 0) is 14.3 Å². The van der Waals surface area contributed by atoms with E-state index in [1.54, 1.807) is 24.3 Å². The Morgan fingerprint density at radius 1 is 0.917 bits per heavy atom. The van der Waals surface area contributed by atoms with Crippen LogP contribution in [0.25, 0.3) is 0 Å². The van der Waals surface area contributed by atoms with Gasteiger partial charge in [0.2, 0.25) is 0 Å². The minimum absolute atomic E-state index is 0.0101. The molecule has 0 aliphatic rings. The molecule has 0 fully saturated rings. The summed E-state index contributed by atoms with van der Waals surface area (Å²) in [4.78, 5) is 23.2. The zero-order valence-electron chi connectivity index (χ0n) is 13.8. The van der Waals surface area contributed by atoms with E-state index in [1.807, 2.05) is 0 Å². The van der Waals surface area contributed by atoms with Gasteiger partial charge in [-0.15, -0.1) is 11.6 Å². The Morgan fingerprint density at radius 2 is 1.58 bits per heavy atom. The van der Waals surface area contributed by atoms with E-state index in [0.717, 1.165) is 44.4 Å². The summed E-state index contributed by atoms with van der Waals surface area (Å²) in [6.07, 6.45) is 6.39. The second-order valence-corrected chi connectivity index (χ2v) is 6.28. The molecule has 1 aromatic rings. The number of esters is 2. The maximum Gasteiger partial charge on any atom is 0.311 e. The molecular weight excluding hydrogens is 351 g/mol. The number of carbonyl (C=O) groups is 2. The molecule has 6 heteroatoms. The fourth-order valence-corrected chi connectivity index (χ4v) is 2.45. The number of hydrogen-bond acceptors (Lipinski definition) is 4. The minimum atomic E-state index is -0.478. The van der Waals surface area contributed by atoms with Crippen molar-refractivity contribution in [3.8, 4) is 5.75 Å². The van der Waals surface area contributed by atoms with Gasteiger partial charge in [-0.3, -0.25) is 9.59 Å². The lowest BCUT2D eigenvalue weighted by Crippen LogP contribution is -2.12. The third-order valence-corrected chi connectivity index (χ3v) is 3.85. The van der Waals surface area contributed by atoms with Crippen LogP contribution in [0.15, 0.2) is 24.3 Å². The number of unbranched alkanes of at least 4 members (excludes halogenated alkanes) is 5. The third kappa shape index (κ3) is 10.5.